The highest BCUT2D eigenvalue weighted by molar-refractivity contribution is 6.07. The number of benzene rings is 1. The SMILES string of the molecule is CC(C)(C)c1[nH]oc2cc(C3CC[C@H](CN4CCC(C(C)(C)C)CC4)C3)c3nccc3c12. The van der Waals surface area contributed by atoms with Gasteiger partial charge in [0, 0.05) is 23.5 Å². The number of hydrogen-bond acceptors (Lipinski definition) is 3. The molecule has 174 valence electrons. The molecule has 0 radical (unpaired) electrons. The summed E-state index contributed by atoms with van der Waals surface area (Å²) in [5.74, 6) is 2.28. The van der Waals surface area contributed by atoms with Crippen LogP contribution in [0.25, 0.3) is 21.9 Å². The molecule has 1 N–H and O–H groups in total. The molecule has 5 rings (SSSR count). The summed E-state index contributed by atoms with van der Waals surface area (Å²) in [7, 11) is 0. The molecule has 2 atom stereocenters. The molecule has 2 aliphatic rings. The summed E-state index contributed by atoms with van der Waals surface area (Å²) >= 11 is 0. The Kier molecular flexibility index (Phi) is 5.43. The van der Waals surface area contributed by atoms with Gasteiger partial charge in [-0.15, -0.1) is 0 Å². The number of piperidine rings is 1. The van der Waals surface area contributed by atoms with Gasteiger partial charge in [-0.2, -0.15) is 0 Å². The Morgan fingerprint density at radius 3 is 2.50 bits per heavy atom. The predicted molar refractivity (Wildman–Crippen MR) is 133 cm³/mol. The number of aromatic nitrogens is 2. The molecule has 4 nitrogen and oxygen atoms in total. The Labute approximate surface area is 193 Å². The van der Waals surface area contributed by atoms with Gasteiger partial charge in [0.1, 0.15) is 0 Å². The molecule has 1 unspecified atom stereocenters. The van der Waals surface area contributed by atoms with Crippen LogP contribution in [0.4, 0.5) is 0 Å². The molecular weight excluding hydrogens is 394 g/mol. The molecular formula is C28H41N3O. The first-order valence-corrected chi connectivity index (χ1v) is 12.7. The van der Waals surface area contributed by atoms with Crippen LogP contribution in [0, 0.1) is 17.3 Å². The molecule has 4 heteroatoms. The van der Waals surface area contributed by atoms with Crippen molar-refractivity contribution in [1.29, 1.82) is 0 Å². The van der Waals surface area contributed by atoms with Crippen molar-refractivity contribution < 1.29 is 4.52 Å². The summed E-state index contributed by atoms with van der Waals surface area (Å²) in [5, 5.41) is 5.68. The van der Waals surface area contributed by atoms with E-state index in [-0.39, 0.29) is 5.41 Å². The molecule has 0 amide bonds. The van der Waals surface area contributed by atoms with Crippen molar-refractivity contribution in [1.82, 2.24) is 15.0 Å². The minimum absolute atomic E-state index is 0.00978. The lowest BCUT2D eigenvalue weighted by Gasteiger charge is -2.39. The van der Waals surface area contributed by atoms with Crippen LogP contribution in [-0.2, 0) is 5.41 Å². The van der Waals surface area contributed by atoms with E-state index in [1.54, 1.807) is 0 Å². The summed E-state index contributed by atoms with van der Waals surface area (Å²) in [6, 6.07) is 4.46. The van der Waals surface area contributed by atoms with Crippen molar-refractivity contribution in [2.45, 2.75) is 85.0 Å². The van der Waals surface area contributed by atoms with Crippen LogP contribution in [0.1, 0.15) is 90.8 Å². The third-order valence-electron chi connectivity index (χ3n) is 8.35. The van der Waals surface area contributed by atoms with Gasteiger partial charge in [0.15, 0.2) is 5.58 Å². The highest BCUT2D eigenvalue weighted by Crippen LogP contribution is 2.44. The van der Waals surface area contributed by atoms with Gasteiger partial charge >= 0.3 is 0 Å². The van der Waals surface area contributed by atoms with Gasteiger partial charge < -0.3 is 9.42 Å². The van der Waals surface area contributed by atoms with E-state index in [4.69, 9.17) is 9.51 Å². The fraction of sp³-hybridized carbons (Fsp3) is 0.679. The van der Waals surface area contributed by atoms with Crippen molar-refractivity contribution in [3.05, 3.63) is 29.6 Å². The Bertz CT molecular complexity index is 1090. The van der Waals surface area contributed by atoms with Crippen molar-refractivity contribution in [2.24, 2.45) is 17.3 Å². The van der Waals surface area contributed by atoms with Crippen LogP contribution in [-0.4, -0.2) is 34.7 Å². The third kappa shape index (κ3) is 4.00. The summed E-state index contributed by atoms with van der Waals surface area (Å²) in [4.78, 5) is 7.56. The fourth-order valence-corrected chi connectivity index (χ4v) is 6.39. The average molecular weight is 436 g/mol. The lowest BCUT2D eigenvalue weighted by atomic mass is 9.75. The first-order chi connectivity index (χ1) is 15.1. The topological polar surface area (TPSA) is 45.1 Å². The van der Waals surface area contributed by atoms with Gasteiger partial charge in [-0.3, -0.25) is 4.98 Å². The standard InChI is InChI=1S/C28H41N3O/c1-27(2,3)20-10-13-31(14-11-20)17-18-7-8-19(15-18)22-16-23-24(21-9-12-29-25(21)22)26(30-32-23)28(4,5)6/h9,12,16,18-20,30H,7-8,10-11,13-15,17H2,1-6H3/t18-,19?/m0/s1. The maximum atomic E-state index is 5.98. The molecule has 3 aromatic rings. The molecule has 1 aromatic carbocycles. The molecule has 1 aliphatic carbocycles. The maximum absolute atomic E-state index is 5.98. The number of aromatic amines is 1. The van der Waals surface area contributed by atoms with Gasteiger partial charge in [-0.1, -0.05) is 41.5 Å². The van der Waals surface area contributed by atoms with Crippen molar-refractivity contribution in [3.8, 4) is 0 Å². The summed E-state index contributed by atoms with van der Waals surface area (Å²) < 4.78 is 5.98. The quantitative estimate of drug-likeness (QED) is 0.471. The Balaban J connectivity index is 1.32. The highest BCUT2D eigenvalue weighted by atomic mass is 16.5. The molecule has 1 aliphatic heterocycles. The molecule has 1 saturated heterocycles. The van der Waals surface area contributed by atoms with Crippen LogP contribution in [0.3, 0.4) is 0 Å². The zero-order chi connectivity index (χ0) is 22.7. The minimum Gasteiger partial charge on any atom is -0.382 e. The van der Waals surface area contributed by atoms with E-state index in [0.29, 0.717) is 11.3 Å². The van der Waals surface area contributed by atoms with Crippen LogP contribution >= 0.6 is 0 Å². The molecule has 0 spiro atoms. The van der Waals surface area contributed by atoms with Crippen LogP contribution < -0.4 is 0 Å². The number of fused-ring (bicyclic) bond motifs is 3. The lowest BCUT2D eigenvalue weighted by molar-refractivity contribution is 0.101. The second kappa shape index (κ2) is 7.90. The Morgan fingerprint density at radius 1 is 1.06 bits per heavy atom. The van der Waals surface area contributed by atoms with Gasteiger partial charge in [0.25, 0.3) is 0 Å². The number of likely N-dealkylation sites (tertiary alicyclic amines) is 1. The number of nitrogens with one attached hydrogen (secondary N) is 1. The number of rotatable bonds is 3. The third-order valence-corrected chi connectivity index (χ3v) is 8.35. The van der Waals surface area contributed by atoms with Gasteiger partial charge in [-0.05, 0) is 86.1 Å². The summed E-state index contributed by atoms with van der Waals surface area (Å²) in [5.41, 5.74) is 5.20. The number of H-pyrrole nitrogens is 1. The minimum atomic E-state index is 0.00978. The highest BCUT2D eigenvalue weighted by Gasteiger charge is 2.33. The van der Waals surface area contributed by atoms with Gasteiger partial charge in [-0.25, -0.2) is 5.16 Å². The summed E-state index contributed by atoms with van der Waals surface area (Å²) in [6.45, 7) is 17.8. The fourth-order valence-electron chi connectivity index (χ4n) is 6.39. The van der Waals surface area contributed by atoms with E-state index in [1.807, 2.05) is 6.20 Å². The van der Waals surface area contributed by atoms with E-state index in [0.717, 1.165) is 17.4 Å². The van der Waals surface area contributed by atoms with Crippen molar-refractivity contribution in [2.75, 3.05) is 19.6 Å². The number of hydrogen-bond donors (Lipinski definition) is 1. The smallest absolute Gasteiger partial charge is 0.165 e. The molecule has 0 bridgehead atoms. The largest absolute Gasteiger partial charge is 0.382 e. The van der Waals surface area contributed by atoms with E-state index < -0.39 is 0 Å². The number of nitrogens with zero attached hydrogens (tertiary/aromatic N) is 2. The maximum Gasteiger partial charge on any atom is 0.165 e. The van der Waals surface area contributed by atoms with E-state index >= 15 is 0 Å². The molecule has 1 saturated carbocycles. The second-order valence-electron chi connectivity index (χ2n) is 12.7. The molecule has 32 heavy (non-hydrogen) atoms. The zero-order valence-electron chi connectivity index (χ0n) is 20.9. The normalized spacial score (nSPS) is 24.2. The second-order valence-corrected chi connectivity index (χ2v) is 12.7. The van der Waals surface area contributed by atoms with E-state index in [9.17, 15) is 0 Å². The van der Waals surface area contributed by atoms with Crippen LogP contribution in [0.15, 0.2) is 22.9 Å². The monoisotopic (exact) mass is 435 g/mol. The van der Waals surface area contributed by atoms with Gasteiger partial charge in [0.05, 0.1) is 16.6 Å². The summed E-state index contributed by atoms with van der Waals surface area (Å²) in [6.07, 6.45) is 8.58. The van der Waals surface area contributed by atoms with Crippen molar-refractivity contribution in [3.63, 3.8) is 0 Å². The van der Waals surface area contributed by atoms with Crippen LogP contribution in [0.2, 0.25) is 0 Å². The first kappa shape index (κ1) is 22.0. The van der Waals surface area contributed by atoms with Crippen LogP contribution in [0.5, 0.6) is 0 Å². The first-order valence-electron chi connectivity index (χ1n) is 12.7. The molecule has 3 heterocycles. The molecule has 2 aromatic heterocycles. The van der Waals surface area contributed by atoms with Gasteiger partial charge in [0.2, 0.25) is 0 Å². The Hall–Kier alpha value is -1.81. The van der Waals surface area contributed by atoms with E-state index in [1.165, 1.54) is 79.3 Å². The molecule has 2 fully saturated rings. The zero-order valence-corrected chi connectivity index (χ0v) is 20.9. The average Bonchev–Trinajstić information content (AvgIpc) is 3.45. The van der Waals surface area contributed by atoms with Crippen molar-refractivity contribution >= 4 is 21.9 Å². The van der Waals surface area contributed by atoms with E-state index in [2.05, 4.69) is 63.7 Å². The lowest BCUT2D eigenvalue weighted by Crippen LogP contribution is -2.40. The Morgan fingerprint density at radius 2 is 1.81 bits per heavy atom. The predicted octanol–water partition coefficient (Wildman–Crippen LogP) is 7.25.